The molecule has 84 valence electrons. The van der Waals surface area contributed by atoms with E-state index in [-0.39, 0.29) is 24.2 Å². The van der Waals surface area contributed by atoms with Crippen LogP contribution in [0.1, 0.15) is 25.5 Å². The number of carbonyl (C=O) groups excluding carboxylic acids is 1. The van der Waals surface area contributed by atoms with Crippen LogP contribution >= 0.6 is 0 Å². The highest BCUT2D eigenvalue weighted by Gasteiger charge is 2.48. The molecule has 4 nitrogen and oxygen atoms in total. The van der Waals surface area contributed by atoms with Crippen LogP contribution in [-0.4, -0.2) is 12.7 Å². The topological polar surface area (TPSA) is 47.6 Å². The van der Waals surface area contributed by atoms with Gasteiger partial charge in [-0.3, -0.25) is 4.79 Å². The van der Waals surface area contributed by atoms with Crippen molar-refractivity contribution < 1.29 is 14.3 Å². The molecule has 0 aromatic heterocycles. The van der Waals surface area contributed by atoms with Gasteiger partial charge < -0.3 is 14.8 Å². The van der Waals surface area contributed by atoms with Crippen LogP contribution in [0.4, 0.5) is 0 Å². The van der Waals surface area contributed by atoms with E-state index in [1.165, 1.54) is 0 Å². The Labute approximate surface area is 93.5 Å². The van der Waals surface area contributed by atoms with E-state index in [0.717, 1.165) is 17.1 Å². The van der Waals surface area contributed by atoms with Crippen molar-refractivity contribution in [3.63, 3.8) is 0 Å². The summed E-state index contributed by atoms with van der Waals surface area (Å²) < 4.78 is 10.6. The van der Waals surface area contributed by atoms with Gasteiger partial charge in [-0.25, -0.2) is 0 Å². The number of β-lactam (4-membered cyclic amide) rings is 1. The Balaban J connectivity index is 1.94. The van der Waals surface area contributed by atoms with Crippen molar-refractivity contribution in [1.82, 2.24) is 5.32 Å². The van der Waals surface area contributed by atoms with Gasteiger partial charge in [0, 0.05) is 0 Å². The zero-order valence-corrected chi connectivity index (χ0v) is 9.24. The van der Waals surface area contributed by atoms with E-state index in [9.17, 15) is 4.79 Å². The molecule has 1 fully saturated rings. The first-order valence-corrected chi connectivity index (χ1v) is 5.29. The molecular weight excluding hydrogens is 206 g/mol. The SMILES string of the molecule is CC1(C)C(=O)NC1c1ccc2c(c1)OCO2. The minimum atomic E-state index is -0.340. The molecule has 3 rings (SSSR count). The summed E-state index contributed by atoms with van der Waals surface area (Å²) in [5, 5.41) is 2.91. The van der Waals surface area contributed by atoms with Crippen molar-refractivity contribution in [3.05, 3.63) is 23.8 Å². The molecule has 1 unspecified atom stereocenters. The Morgan fingerprint density at radius 2 is 2.06 bits per heavy atom. The summed E-state index contributed by atoms with van der Waals surface area (Å²) >= 11 is 0. The molecule has 2 aliphatic rings. The summed E-state index contributed by atoms with van der Waals surface area (Å²) in [7, 11) is 0. The number of carbonyl (C=O) groups is 1. The van der Waals surface area contributed by atoms with Gasteiger partial charge in [0.2, 0.25) is 12.7 Å². The highest BCUT2D eigenvalue weighted by molar-refractivity contribution is 5.89. The highest BCUT2D eigenvalue weighted by Crippen LogP contribution is 2.44. The molecule has 1 N–H and O–H groups in total. The summed E-state index contributed by atoms with van der Waals surface area (Å²) in [5.74, 6) is 1.62. The second kappa shape index (κ2) is 2.90. The number of rotatable bonds is 1. The smallest absolute Gasteiger partial charge is 0.231 e. The quantitative estimate of drug-likeness (QED) is 0.730. The number of nitrogens with one attached hydrogen (secondary N) is 1. The van der Waals surface area contributed by atoms with Crippen LogP contribution in [0.15, 0.2) is 18.2 Å². The number of fused-ring (bicyclic) bond motifs is 1. The molecule has 1 aromatic carbocycles. The molecule has 1 saturated heterocycles. The second-order valence-electron chi connectivity index (χ2n) is 4.74. The average Bonchev–Trinajstić information content (AvgIpc) is 2.72. The Morgan fingerprint density at radius 3 is 2.75 bits per heavy atom. The van der Waals surface area contributed by atoms with E-state index in [4.69, 9.17) is 9.47 Å². The van der Waals surface area contributed by atoms with Crippen LogP contribution in [-0.2, 0) is 4.79 Å². The first kappa shape index (κ1) is 9.51. The molecule has 4 heteroatoms. The Hall–Kier alpha value is -1.71. The van der Waals surface area contributed by atoms with Crippen LogP contribution < -0.4 is 14.8 Å². The van der Waals surface area contributed by atoms with Crippen LogP contribution in [0.5, 0.6) is 11.5 Å². The zero-order chi connectivity index (χ0) is 11.3. The van der Waals surface area contributed by atoms with Crippen molar-refractivity contribution in [1.29, 1.82) is 0 Å². The largest absolute Gasteiger partial charge is 0.454 e. The van der Waals surface area contributed by atoms with Crippen LogP contribution in [0.25, 0.3) is 0 Å². The Kier molecular flexibility index (Phi) is 1.73. The van der Waals surface area contributed by atoms with Gasteiger partial charge in [-0.15, -0.1) is 0 Å². The van der Waals surface area contributed by atoms with Crippen molar-refractivity contribution in [2.45, 2.75) is 19.9 Å². The molecule has 1 aromatic rings. The first-order chi connectivity index (χ1) is 7.59. The molecule has 2 heterocycles. The number of ether oxygens (including phenoxy) is 2. The lowest BCUT2D eigenvalue weighted by Gasteiger charge is -2.44. The summed E-state index contributed by atoms with van der Waals surface area (Å²) in [5.41, 5.74) is 0.724. The number of hydrogen-bond acceptors (Lipinski definition) is 3. The van der Waals surface area contributed by atoms with E-state index in [1.54, 1.807) is 0 Å². The predicted octanol–water partition coefficient (Wildman–Crippen LogP) is 1.61. The van der Waals surface area contributed by atoms with E-state index in [0.29, 0.717) is 0 Å². The molecular formula is C12H13NO3. The third kappa shape index (κ3) is 1.13. The van der Waals surface area contributed by atoms with Crippen LogP contribution in [0.2, 0.25) is 0 Å². The number of benzene rings is 1. The maximum atomic E-state index is 11.4. The van der Waals surface area contributed by atoms with Gasteiger partial charge in [0.1, 0.15) is 0 Å². The molecule has 0 saturated carbocycles. The summed E-state index contributed by atoms with van der Waals surface area (Å²) in [6, 6.07) is 5.86. The summed E-state index contributed by atoms with van der Waals surface area (Å²) in [6.07, 6.45) is 0. The van der Waals surface area contributed by atoms with Crippen LogP contribution in [0, 0.1) is 5.41 Å². The molecule has 0 radical (unpaired) electrons. The van der Waals surface area contributed by atoms with E-state index in [2.05, 4.69) is 5.32 Å². The molecule has 0 spiro atoms. The van der Waals surface area contributed by atoms with Gasteiger partial charge in [0.25, 0.3) is 0 Å². The molecule has 2 aliphatic heterocycles. The van der Waals surface area contributed by atoms with Crippen molar-refractivity contribution in [2.24, 2.45) is 5.41 Å². The lowest BCUT2D eigenvalue weighted by Crippen LogP contribution is -2.57. The zero-order valence-electron chi connectivity index (χ0n) is 9.24. The van der Waals surface area contributed by atoms with Crippen LogP contribution in [0.3, 0.4) is 0 Å². The predicted molar refractivity (Wildman–Crippen MR) is 57.2 cm³/mol. The van der Waals surface area contributed by atoms with Gasteiger partial charge in [0.05, 0.1) is 11.5 Å². The number of hydrogen-bond donors (Lipinski definition) is 1. The van der Waals surface area contributed by atoms with Gasteiger partial charge in [-0.1, -0.05) is 6.07 Å². The summed E-state index contributed by atoms with van der Waals surface area (Å²) in [4.78, 5) is 11.4. The normalized spacial score (nSPS) is 24.9. The third-order valence-corrected chi connectivity index (χ3v) is 3.31. The Morgan fingerprint density at radius 1 is 1.31 bits per heavy atom. The fraction of sp³-hybridized carbons (Fsp3) is 0.417. The molecule has 0 bridgehead atoms. The Bertz CT molecular complexity index is 467. The number of amides is 1. The molecule has 1 atom stereocenters. The fourth-order valence-electron chi connectivity index (χ4n) is 2.14. The molecule has 16 heavy (non-hydrogen) atoms. The van der Waals surface area contributed by atoms with E-state index < -0.39 is 0 Å². The van der Waals surface area contributed by atoms with E-state index >= 15 is 0 Å². The maximum absolute atomic E-state index is 11.4. The molecule has 0 aliphatic carbocycles. The fourth-order valence-corrected chi connectivity index (χ4v) is 2.14. The first-order valence-electron chi connectivity index (χ1n) is 5.29. The monoisotopic (exact) mass is 219 g/mol. The van der Waals surface area contributed by atoms with Gasteiger partial charge in [-0.2, -0.15) is 0 Å². The standard InChI is InChI=1S/C12H13NO3/c1-12(2)10(13-11(12)14)7-3-4-8-9(5-7)16-6-15-8/h3-5,10H,6H2,1-2H3,(H,13,14). The maximum Gasteiger partial charge on any atom is 0.231 e. The lowest BCUT2D eigenvalue weighted by atomic mass is 9.73. The summed E-state index contributed by atoms with van der Waals surface area (Å²) in [6.45, 7) is 4.17. The minimum Gasteiger partial charge on any atom is -0.454 e. The molecule has 1 amide bonds. The lowest BCUT2D eigenvalue weighted by molar-refractivity contribution is -0.143. The van der Waals surface area contributed by atoms with Gasteiger partial charge in [-0.05, 0) is 31.5 Å². The third-order valence-electron chi connectivity index (χ3n) is 3.31. The van der Waals surface area contributed by atoms with Gasteiger partial charge >= 0.3 is 0 Å². The van der Waals surface area contributed by atoms with Gasteiger partial charge in [0.15, 0.2) is 11.5 Å². The second-order valence-corrected chi connectivity index (χ2v) is 4.74. The minimum absolute atomic E-state index is 0.0644. The van der Waals surface area contributed by atoms with Crippen molar-refractivity contribution in [2.75, 3.05) is 6.79 Å². The van der Waals surface area contributed by atoms with E-state index in [1.807, 2.05) is 32.0 Å². The average molecular weight is 219 g/mol. The van der Waals surface area contributed by atoms with Crippen molar-refractivity contribution in [3.8, 4) is 11.5 Å². The van der Waals surface area contributed by atoms with Crippen molar-refractivity contribution >= 4 is 5.91 Å². The highest BCUT2D eigenvalue weighted by atomic mass is 16.7.